The second-order valence-corrected chi connectivity index (χ2v) is 6.76. The lowest BCUT2D eigenvalue weighted by molar-refractivity contribution is 0.380. The summed E-state index contributed by atoms with van der Waals surface area (Å²) in [6, 6.07) is 4.13. The average molecular weight is 510 g/mol. The predicted molar refractivity (Wildman–Crippen MR) is 127 cm³/mol. The zero-order valence-corrected chi connectivity index (χ0v) is 20.0. The number of pyridine rings is 1. The Balaban J connectivity index is 0.00000300. The van der Waals surface area contributed by atoms with Gasteiger partial charge in [-0.2, -0.15) is 0 Å². The Morgan fingerprint density at radius 2 is 2.03 bits per heavy atom. The molecule has 0 aliphatic heterocycles. The number of halogens is 1. The van der Waals surface area contributed by atoms with Gasteiger partial charge in [-0.05, 0) is 31.9 Å². The molecule has 3 heterocycles. The number of hydrogen-bond acceptors (Lipinski definition) is 4. The number of guanidine groups is 1. The van der Waals surface area contributed by atoms with Crippen LogP contribution in [0.3, 0.4) is 0 Å². The zero-order chi connectivity index (χ0) is 19.9. The molecule has 8 heteroatoms. The molecule has 0 fully saturated rings. The standard InChI is InChI=1S/C21H30N6O.HI/c1-5-18-17(19(6-2)28-26-18)13-24-21(22-7-3)23-11-10-16-14-27-12-8-9-15(4)20(27)25-16;/h8-9,12,14H,5-7,10-11,13H2,1-4H3,(H2,22,23,24);1H. The summed E-state index contributed by atoms with van der Waals surface area (Å²) in [5.74, 6) is 1.73. The van der Waals surface area contributed by atoms with Gasteiger partial charge in [0.2, 0.25) is 0 Å². The van der Waals surface area contributed by atoms with Gasteiger partial charge in [-0.25, -0.2) is 9.98 Å². The van der Waals surface area contributed by atoms with E-state index in [1.807, 2.05) is 12.3 Å². The summed E-state index contributed by atoms with van der Waals surface area (Å²) in [5.41, 5.74) is 5.38. The van der Waals surface area contributed by atoms with Crippen LogP contribution in [0.2, 0.25) is 0 Å². The van der Waals surface area contributed by atoms with Gasteiger partial charge in [0.05, 0.1) is 17.9 Å². The van der Waals surface area contributed by atoms with E-state index in [2.05, 4.69) is 60.1 Å². The smallest absolute Gasteiger partial charge is 0.191 e. The second kappa shape index (κ2) is 11.2. The summed E-state index contributed by atoms with van der Waals surface area (Å²) in [5, 5.41) is 10.9. The van der Waals surface area contributed by atoms with Crippen molar-refractivity contribution in [2.45, 2.75) is 53.5 Å². The Morgan fingerprint density at radius 1 is 1.21 bits per heavy atom. The lowest BCUT2D eigenvalue weighted by Gasteiger charge is -2.10. The third-order valence-electron chi connectivity index (χ3n) is 4.75. The van der Waals surface area contributed by atoms with Gasteiger partial charge in [-0.3, -0.25) is 0 Å². The molecule has 0 aliphatic rings. The first-order valence-corrected chi connectivity index (χ1v) is 10.1. The van der Waals surface area contributed by atoms with Crippen molar-refractivity contribution in [1.82, 2.24) is 25.2 Å². The average Bonchev–Trinajstić information content (AvgIpc) is 3.30. The van der Waals surface area contributed by atoms with E-state index in [9.17, 15) is 0 Å². The summed E-state index contributed by atoms with van der Waals surface area (Å²) >= 11 is 0. The quantitative estimate of drug-likeness (QED) is 0.275. The molecule has 0 saturated carbocycles. The van der Waals surface area contributed by atoms with Crippen molar-refractivity contribution in [2.75, 3.05) is 13.1 Å². The maximum Gasteiger partial charge on any atom is 0.191 e. The fourth-order valence-electron chi connectivity index (χ4n) is 3.25. The molecule has 7 nitrogen and oxygen atoms in total. The molecule has 3 rings (SSSR count). The van der Waals surface area contributed by atoms with E-state index in [0.717, 1.165) is 66.7 Å². The molecule has 0 radical (unpaired) electrons. The number of aryl methyl sites for hydroxylation is 3. The molecule has 0 aliphatic carbocycles. The molecule has 3 aromatic rings. The van der Waals surface area contributed by atoms with Crippen molar-refractivity contribution < 1.29 is 4.52 Å². The van der Waals surface area contributed by atoms with Crippen LogP contribution in [-0.2, 0) is 25.8 Å². The molecule has 158 valence electrons. The van der Waals surface area contributed by atoms with Gasteiger partial charge in [0.15, 0.2) is 5.96 Å². The van der Waals surface area contributed by atoms with Crippen molar-refractivity contribution in [3.63, 3.8) is 0 Å². The van der Waals surface area contributed by atoms with Crippen molar-refractivity contribution in [1.29, 1.82) is 0 Å². The highest BCUT2D eigenvalue weighted by atomic mass is 127. The molecule has 3 aromatic heterocycles. The summed E-state index contributed by atoms with van der Waals surface area (Å²) in [6.45, 7) is 10.5. The maximum absolute atomic E-state index is 5.43. The molecule has 0 saturated heterocycles. The van der Waals surface area contributed by atoms with E-state index in [1.165, 1.54) is 5.56 Å². The molecule has 29 heavy (non-hydrogen) atoms. The Morgan fingerprint density at radius 3 is 2.72 bits per heavy atom. The number of imidazole rings is 1. The van der Waals surface area contributed by atoms with Crippen molar-refractivity contribution >= 4 is 35.6 Å². The second-order valence-electron chi connectivity index (χ2n) is 6.76. The van der Waals surface area contributed by atoms with Gasteiger partial charge >= 0.3 is 0 Å². The lowest BCUT2D eigenvalue weighted by atomic mass is 10.1. The largest absolute Gasteiger partial charge is 0.361 e. The van der Waals surface area contributed by atoms with Gasteiger partial charge in [0, 0.05) is 43.9 Å². The van der Waals surface area contributed by atoms with E-state index in [1.54, 1.807) is 0 Å². The molecular formula is C21H31IN6O. The Kier molecular flexibility index (Phi) is 8.94. The molecule has 0 atom stereocenters. The molecular weight excluding hydrogens is 479 g/mol. The summed E-state index contributed by atoms with van der Waals surface area (Å²) < 4.78 is 7.51. The molecule has 0 bridgehead atoms. The normalized spacial score (nSPS) is 11.5. The number of nitrogens with zero attached hydrogens (tertiary/aromatic N) is 4. The Labute approximate surface area is 189 Å². The van der Waals surface area contributed by atoms with Crippen LogP contribution in [0.4, 0.5) is 0 Å². The number of aliphatic imine (C=N–C) groups is 1. The zero-order valence-electron chi connectivity index (χ0n) is 17.7. The fourth-order valence-corrected chi connectivity index (χ4v) is 3.25. The van der Waals surface area contributed by atoms with E-state index >= 15 is 0 Å². The summed E-state index contributed by atoms with van der Waals surface area (Å²) in [4.78, 5) is 9.46. The van der Waals surface area contributed by atoms with Crippen LogP contribution < -0.4 is 10.6 Å². The topological polar surface area (TPSA) is 79.8 Å². The first-order chi connectivity index (χ1) is 13.7. The minimum absolute atomic E-state index is 0. The maximum atomic E-state index is 5.43. The number of aromatic nitrogens is 3. The van der Waals surface area contributed by atoms with E-state index < -0.39 is 0 Å². The van der Waals surface area contributed by atoms with Crippen molar-refractivity contribution in [2.24, 2.45) is 4.99 Å². The van der Waals surface area contributed by atoms with Gasteiger partial charge in [-0.15, -0.1) is 24.0 Å². The van der Waals surface area contributed by atoms with Gasteiger partial charge in [0.25, 0.3) is 0 Å². The fraction of sp³-hybridized carbons (Fsp3) is 0.476. The van der Waals surface area contributed by atoms with Gasteiger partial charge in [0.1, 0.15) is 11.4 Å². The van der Waals surface area contributed by atoms with Crippen LogP contribution in [0, 0.1) is 6.92 Å². The minimum atomic E-state index is 0. The Bertz CT molecular complexity index is 924. The minimum Gasteiger partial charge on any atom is -0.361 e. The first kappa shape index (κ1) is 23.2. The van der Waals surface area contributed by atoms with Crippen LogP contribution in [-0.4, -0.2) is 33.6 Å². The van der Waals surface area contributed by atoms with E-state index in [0.29, 0.717) is 6.54 Å². The summed E-state index contributed by atoms with van der Waals surface area (Å²) in [7, 11) is 0. The van der Waals surface area contributed by atoms with E-state index in [4.69, 9.17) is 14.5 Å². The van der Waals surface area contributed by atoms with Crippen LogP contribution in [0.1, 0.15) is 49.0 Å². The number of fused-ring (bicyclic) bond motifs is 1. The van der Waals surface area contributed by atoms with Crippen molar-refractivity contribution in [3.8, 4) is 0 Å². The molecule has 0 unspecified atom stereocenters. The highest BCUT2D eigenvalue weighted by Crippen LogP contribution is 2.16. The SMILES string of the molecule is CCNC(=NCc1c(CC)noc1CC)NCCc1cn2cccc(C)c2n1.I. The van der Waals surface area contributed by atoms with E-state index in [-0.39, 0.29) is 24.0 Å². The van der Waals surface area contributed by atoms with Crippen molar-refractivity contribution in [3.05, 3.63) is 52.8 Å². The highest BCUT2D eigenvalue weighted by Gasteiger charge is 2.13. The predicted octanol–water partition coefficient (Wildman–Crippen LogP) is 3.67. The number of rotatable bonds is 8. The van der Waals surface area contributed by atoms with Crippen LogP contribution in [0.25, 0.3) is 5.65 Å². The number of hydrogen-bond donors (Lipinski definition) is 2. The summed E-state index contributed by atoms with van der Waals surface area (Å²) in [6.07, 6.45) is 6.64. The van der Waals surface area contributed by atoms with Crippen LogP contribution in [0.5, 0.6) is 0 Å². The van der Waals surface area contributed by atoms with Crippen LogP contribution in [0.15, 0.2) is 34.0 Å². The molecule has 0 amide bonds. The Hall–Kier alpha value is -2.10. The van der Waals surface area contributed by atoms with Gasteiger partial charge in [-0.1, -0.05) is 25.1 Å². The molecule has 0 spiro atoms. The lowest BCUT2D eigenvalue weighted by Crippen LogP contribution is -2.38. The molecule has 0 aromatic carbocycles. The van der Waals surface area contributed by atoms with Crippen LogP contribution >= 0.6 is 24.0 Å². The van der Waals surface area contributed by atoms with Gasteiger partial charge < -0.3 is 19.6 Å². The molecule has 2 N–H and O–H groups in total. The first-order valence-electron chi connectivity index (χ1n) is 10.1. The number of nitrogens with one attached hydrogen (secondary N) is 2. The monoisotopic (exact) mass is 510 g/mol. The highest BCUT2D eigenvalue weighted by molar-refractivity contribution is 14.0. The third kappa shape index (κ3) is 5.71. The third-order valence-corrected chi connectivity index (χ3v) is 4.75.